The zero-order chi connectivity index (χ0) is 11.3. The highest BCUT2D eigenvalue weighted by Crippen LogP contribution is 2.15. The molecule has 0 saturated carbocycles. The van der Waals surface area contributed by atoms with Crippen molar-refractivity contribution in [1.29, 1.82) is 0 Å². The average molecular weight is 230 g/mol. The fraction of sp³-hybridized carbons (Fsp3) is 0.667. The van der Waals surface area contributed by atoms with Gasteiger partial charge in [0.2, 0.25) is 11.8 Å². The van der Waals surface area contributed by atoms with Crippen molar-refractivity contribution >= 4 is 17.7 Å². The van der Waals surface area contributed by atoms with E-state index in [4.69, 9.17) is 4.42 Å². The molecular weight excluding hydrogens is 216 g/mol. The van der Waals surface area contributed by atoms with E-state index in [0.717, 1.165) is 0 Å². The molecule has 1 aromatic rings. The lowest BCUT2D eigenvalue weighted by Gasteiger charge is -2.06. The number of esters is 1. The van der Waals surface area contributed by atoms with Crippen LogP contribution in [-0.4, -0.2) is 29.0 Å². The van der Waals surface area contributed by atoms with Crippen LogP contribution < -0.4 is 0 Å². The van der Waals surface area contributed by atoms with Crippen molar-refractivity contribution < 1.29 is 13.9 Å². The second-order valence-electron chi connectivity index (χ2n) is 3.15. The van der Waals surface area contributed by atoms with Crippen LogP contribution in [0.25, 0.3) is 0 Å². The lowest BCUT2D eigenvalue weighted by molar-refractivity contribution is -0.143. The van der Waals surface area contributed by atoms with Crippen LogP contribution in [0.2, 0.25) is 0 Å². The molecule has 1 heterocycles. The number of carbonyl (C=O) groups is 1. The second-order valence-corrected chi connectivity index (χ2v) is 4.18. The number of ether oxygens (including phenoxy) is 1. The third-order valence-corrected chi connectivity index (χ3v) is 2.95. The first-order valence-corrected chi connectivity index (χ1v) is 5.73. The predicted molar refractivity (Wildman–Crippen MR) is 56.4 cm³/mol. The molecule has 1 atom stereocenters. The van der Waals surface area contributed by atoms with Crippen molar-refractivity contribution in [3.05, 3.63) is 11.8 Å². The van der Waals surface area contributed by atoms with Crippen molar-refractivity contribution in [2.45, 2.75) is 19.6 Å². The van der Waals surface area contributed by atoms with E-state index in [9.17, 15) is 4.79 Å². The molecule has 0 saturated heterocycles. The van der Waals surface area contributed by atoms with Gasteiger partial charge in [0.15, 0.2) is 0 Å². The Morgan fingerprint density at radius 3 is 2.87 bits per heavy atom. The molecule has 1 rings (SSSR count). The van der Waals surface area contributed by atoms with Gasteiger partial charge >= 0.3 is 5.97 Å². The summed E-state index contributed by atoms with van der Waals surface area (Å²) in [7, 11) is 1.39. The lowest BCUT2D eigenvalue weighted by atomic mass is 10.2. The van der Waals surface area contributed by atoms with Crippen LogP contribution in [0, 0.1) is 12.8 Å². The molecule has 0 aliphatic carbocycles. The normalized spacial score (nSPS) is 12.5. The smallest absolute Gasteiger partial charge is 0.309 e. The van der Waals surface area contributed by atoms with E-state index in [1.807, 2.05) is 6.92 Å². The highest BCUT2D eigenvalue weighted by Gasteiger charge is 2.13. The molecular formula is C9H14N2O3S. The van der Waals surface area contributed by atoms with Crippen molar-refractivity contribution in [2.75, 3.05) is 12.9 Å². The third kappa shape index (κ3) is 3.91. The van der Waals surface area contributed by atoms with Gasteiger partial charge in [0.1, 0.15) is 0 Å². The summed E-state index contributed by atoms with van der Waals surface area (Å²) >= 11 is 1.57. The Kier molecular flexibility index (Phi) is 4.61. The van der Waals surface area contributed by atoms with Gasteiger partial charge in [0, 0.05) is 12.7 Å². The third-order valence-electron chi connectivity index (χ3n) is 1.76. The van der Waals surface area contributed by atoms with Crippen LogP contribution in [0.4, 0.5) is 0 Å². The maximum absolute atomic E-state index is 11.1. The number of rotatable bonds is 5. The van der Waals surface area contributed by atoms with Crippen LogP contribution in [0.1, 0.15) is 18.7 Å². The van der Waals surface area contributed by atoms with Crippen LogP contribution in [0.5, 0.6) is 0 Å². The molecule has 0 aliphatic rings. The highest BCUT2D eigenvalue weighted by atomic mass is 32.2. The molecule has 0 amide bonds. The van der Waals surface area contributed by atoms with E-state index in [0.29, 0.717) is 23.3 Å². The Morgan fingerprint density at radius 2 is 2.33 bits per heavy atom. The van der Waals surface area contributed by atoms with Gasteiger partial charge in [-0.05, 0) is 0 Å². The number of carbonyl (C=O) groups excluding carboxylic acids is 1. The Balaban J connectivity index is 2.24. The molecule has 0 radical (unpaired) electrons. The lowest BCUT2D eigenvalue weighted by Crippen LogP contribution is -2.14. The number of nitrogens with zero attached hydrogens (tertiary/aromatic N) is 2. The van der Waals surface area contributed by atoms with Crippen LogP contribution in [-0.2, 0) is 15.3 Å². The van der Waals surface area contributed by atoms with Gasteiger partial charge in [-0.15, -0.1) is 10.2 Å². The van der Waals surface area contributed by atoms with Crippen molar-refractivity contribution in [2.24, 2.45) is 5.92 Å². The largest absolute Gasteiger partial charge is 0.469 e. The molecule has 0 bridgehead atoms. The molecule has 15 heavy (non-hydrogen) atoms. The molecule has 5 nitrogen and oxygen atoms in total. The van der Waals surface area contributed by atoms with E-state index in [2.05, 4.69) is 14.9 Å². The number of aryl methyl sites for hydroxylation is 1. The second kappa shape index (κ2) is 5.75. The van der Waals surface area contributed by atoms with Gasteiger partial charge in [0.05, 0.1) is 18.8 Å². The Hall–Kier alpha value is -1.04. The van der Waals surface area contributed by atoms with E-state index < -0.39 is 0 Å². The SMILES string of the molecule is COC(=O)[C@H](C)CSCc1nnc(C)o1. The number of thioether (sulfide) groups is 1. The van der Waals surface area contributed by atoms with Crippen LogP contribution >= 0.6 is 11.8 Å². The molecule has 0 aromatic carbocycles. The minimum Gasteiger partial charge on any atom is -0.469 e. The van der Waals surface area contributed by atoms with E-state index in [-0.39, 0.29) is 11.9 Å². The van der Waals surface area contributed by atoms with Crippen LogP contribution in [0.15, 0.2) is 4.42 Å². The molecule has 6 heteroatoms. The maximum Gasteiger partial charge on any atom is 0.309 e. The summed E-state index contributed by atoms with van der Waals surface area (Å²) in [6.07, 6.45) is 0. The quantitative estimate of drug-likeness (QED) is 0.713. The standard InChI is InChI=1S/C9H14N2O3S/c1-6(9(12)13-3)4-15-5-8-11-10-7(2)14-8/h6H,4-5H2,1-3H3/t6-/m1/s1. The zero-order valence-corrected chi connectivity index (χ0v) is 9.84. The summed E-state index contributed by atoms with van der Waals surface area (Å²) in [4.78, 5) is 11.1. The van der Waals surface area contributed by atoms with Gasteiger partial charge in [-0.3, -0.25) is 4.79 Å². The molecule has 1 aromatic heterocycles. The Labute approximate surface area is 92.6 Å². The average Bonchev–Trinajstić information content (AvgIpc) is 2.63. The summed E-state index contributed by atoms with van der Waals surface area (Å²) in [6, 6.07) is 0. The molecule has 0 aliphatic heterocycles. The van der Waals surface area contributed by atoms with Gasteiger partial charge in [-0.1, -0.05) is 6.92 Å². The first-order chi connectivity index (χ1) is 7.13. The van der Waals surface area contributed by atoms with E-state index >= 15 is 0 Å². The Morgan fingerprint density at radius 1 is 1.60 bits per heavy atom. The Bertz CT molecular complexity index is 327. The minimum absolute atomic E-state index is 0.107. The van der Waals surface area contributed by atoms with E-state index in [1.54, 1.807) is 18.7 Å². The number of hydrogen-bond donors (Lipinski definition) is 0. The molecule has 0 N–H and O–H groups in total. The molecule has 0 fully saturated rings. The van der Waals surface area contributed by atoms with E-state index in [1.165, 1.54) is 7.11 Å². The van der Waals surface area contributed by atoms with Crippen molar-refractivity contribution in [1.82, 2.24) is 10.2 Å². The molecule has 0 unspecified atom stereocenters. The maximum atomic E-state index is 11.1. The molecule has 0 spiro atoms. The summed E-state index contributed by atoms with van der Waals surface area (Å²) in [6.45, 7) is 3.58. The number of hydrogen-bond acceptors (Lipinski definition) is 6. The highest BCUT2D eigenvalue weighted by molar-refractivity contribution is 7.98. The van der Waals surface area contributed by atoms with Gasteiger partial charge in [-0.2, -0.15) is 11.8 Å². The van der Waals surface area contributed by atoms with Crippen LogP contribution in [0.3, 0.4) is 0 Å². The first kappa shape index (κ1) is 12.0. The monoisotopic (exact) mass is 230 g/mol. The minimum atomic E-state index is -0.191. The topological polar surface area (TPSA) is 65.2 Å². The van der Waals surface area contributed by atoms with Gasteiger partial charge in [-0.25, -0.2) is 0 Å². The number of methoxy groups -OCH3 is 1. The first-order valence-electron chi connectivity index (χ1n) is 4.58. The van der Waals surface area contributed by atoms with Crippen molar-refractivity contribution in [3.63, 3.8) is 0 Å². The fourth-order valence-electron chi connectivity index (χ4n) is 0.988. The summed E-state index contributed by atoms with van der Waals surface area (Å²) in [5.41, 5.74) is 0. The number of aromatic nitrogens is 2. The summed E-state index contributed by atoms with van der Waals surface area (Å²) in [5, 5.41) is 7.57. The predicted octanol–water partition coefficient (Wildman–Crippen LogP) is 1.42. The fourth-order valence-corrected chi connectivity index (χ4v) is 1.89. The molecule has 84 valence electrons. The zero-order valence-electron chi connectivity index (χ0n) is 9.02. The van der Waals surface area contributed by atoms with Gasteiger partial charge in [0.25, 0.3) is 0 Å². The van der Waals surface area contributed by atoms with Crippen molar-refractivity contribution in [3.8, 4) is 0 Å². The van der Waals surface area contributed by atoms with Gasteiger partial charge < -0.3 is 9.15 Å². The summed E-state index contributed by atoms with van der Waals surface area (Å²) < 4.78 is 9.81. The summed E-state index contributed by atoms with van der Waals surface area (Å²) in [5.74, 6) is 2.17.